The van der Waals surface area contributed by atoms with Crippen molar-refractivity contribution in [3.63, 3.8) is 0 Å². The summed E-state index contributed by atoms with van der Waals surface area (Å²) in [6.45, 7) is 12.2. The third kappa shape index (κ3) is 6.30. The molecule has 2 fully saturated rings. The maximum atomic E-state index is 12.7. The predicted octanol–water partition coefficient (Wildman–Crippen LogP) is 2.87. The minimum atomic E-state index is -0.174. The Morgan fingerprint density at radius 2 is 1.55 bits per heavy atom. The summed E-state index contributed by atoms with van der Waals surface area (Å²) in [7, 11) is 0. The lowest BCUT2D eigenvalue weighted by molar-refractivity contribution is -0.958. The molecule has 3 rings (SSSR count). The van der Waals surface area contributed by atoms with E-state index in [1.54, 1.807) is 0 Å². The van der Waals surface area contributed by atoms with Crippen LogP contribution in [0.2, 0.25) is 0 Å². The summed E-state index contributed by atoms with van der Waals surface area (Å²) in [5, 5.41) is 0. The van der Waals surface area contributed by atoms with Crippen molar-refractivity contribution in [3.05, 3.63) is 35.4 Å². The van der Waals surface area contributed by atoms with E-state index in [1.165, 1.54) is 74.5 Å². The van der Waals surface area contributed by atoms with Gasteiger partial charge in [-0.15, -0.1) is 0 Å². The molecule has 1 atom stereocenters. The number of esters is 1. The summed E-state index contributed by atoms with van der Waals surface area (Å²) < 4.78 is 7.12. The first kappa shape index (κ1) is 24.4. The first-order chi connectivity index (χ1) is 13.3. The average molecular weight is 467 g/mol. The first-order valence-corrected chi connectivity index (χ1v) is 11.5. The van der Waals surface area contributed by atoms with Gasteiger partial charge in [0.05, 0.1) is 24.7 Å². The molecule has 1 saturated carbocycles. The Labute approximate surface area is 188 Å². The number of carbonyl (C=O) groups excluding carboxylic acids is 1. The Bertz CT molecular complexity index is 638. The Morgan fingerprint density at radius 3 is 2.10 bits per heavy atom. The van der Waals surface area contributed by atoms with Crippen molar-refractivity contribution in [1.82, 2.24) is 0 Å². The smallest absolute Gasteiger partial charge is 0.338 e. The molecular weight excluding hydrogens is 426 g/mol. The number of halogens is 1. The Balaban J connectivity index is 0.00000300. The third-order valence-corrected chi connectivity index (χ3v) is 6.97. The molecule has 2 aliphatic rings. The van der Waals surface area contributed by atoms with Gasteiger partial charge in [-0.25, -0.2) is 4.79 Å². The maximum absolute atomic E-state index is 12.7. The number of quaternary nitrogens is 1. The van der Waals surface area contributed by atoms with Gasteiger partial charge in [-0.2, -0.15) is 0 Å². The van der Waals surface area contributed by atoms with Crippen LogP contribution in [0.3, 0.4) is 0 Å². The van der Waals surface area contributed by atoms with E-state index < -0.39 is 0 Å². The van der Waals surface area contributed by atoms with Crippen LogP contribution < -0.4 is 17.0 Å². The second-order valence-electron chi connectivity index (χ2n) is 10.2. The van der Waals surface area contributed by atoms with Crippen LogP contribution in [0.15, 0.2) is 24.3 Å². The van der Waals surface area contributed by atoms with Crippen LogP contribution in [0.1, 0.15) is 95.0 Å². The normalized spacial score (nSPS) is 21.1. The topological polar surface area (TPSA) is 26.3 Å². The highest BCUT2D eigenvalue weighted by molar-refractivity contribution is 5.89. The zero-order valence-corrected chi connectivity index (χ0v) is 20.5. The molecule has 0 aromatic heterocycles. The summed E-state index contributed by atoms with van der Waals surface area (Å²) in [6.07, 6.45) is 10.8. The standard InChI is InChI=1S/C25H40NO2.BrH/c1-20(28-24(27)21-13-15-22(16-14-21)25(2,3)4)19-26(17-9-6-10-18-26)23-11-7-5-8-12-23;/h13-16,20,23H,5-12,17-19H2,1-4H3;1H/q+1;/p-1. The summed E-state index contributed by atoms with van der Waals surface area (Å²) in [6, 6.07) is 8.73. The van der Waals surface area contributed by atoms with E-state index >= 15 is 0 Å². The van der Waals surface area contributed by atoms with E-state index in [4.69, 9.17) is 4.74 Å². The molecule has 1 heterocycles. The molecule has 4 heteroatoms. The van der Waals surface area contributed by atoms with Gasteiger partial charge in [-0.3, -0.25) is 0 Å². The fourth-order valence-corrected chi connectivity index (χ4v) is 5.37. The van der Waals surface area contributed by atoms with Crippen LogP contribution in [-0.4, -0.2) is 42.2 Å². The van der Waals surface area contributed by atoms with E-state index in [1.807, 2.05) is 12.1 Å². The minimum Gasteiger partial charge on any atom is -1.00 e. The number of rotatable bonds is 5. The van der Waals surface area contributed by atoms with Crippen molar-refractivity contribution in [1.29, 1.82) is 0 Å². The molecule has 0 bridgehead atoms. The Kier molecular flexibility index (Phi) is 8.78. The molecular formula is C25H40BrNO2. The summed E-state index contributed by atoms with van der Waals surface area (Å²) in [5.41, 5.74) is 2.01. The molecule has 1 saturated heterocycles. The molecule has 0 N–H and O–H groups in total. The number of carbonyl (C=O) groups is 1. The summed E-state index contributed by atoms with van der Waals surface area (Å²) >= 11 is 0. The highest BCUT2D eigenvalue weighted by Gasteiger charge is 2.40. The van der Waals surface area contributed by atoms with Crippen LogP contribution in [-0.2, 0) is 10.2 Å². The van der Waals surface area contributed by atoms with Crippen molar-refractivity contribution >= 4 is 5.97 Å². The first-order valence-electron chi connectivity index (χ1n) is 11.5. The van der Waals surface area contributed by atoms with Gasteiger partial charge in [0.1, 0.15) is 12.6 Å². The molecule has 164 valence electrons. The van der Waals surface area contributed by atoms with Crippen molar-refractivity contribution in [2.45, 2.75) is 96.6 Å². The van der Waals surface area contributed by atoms with Gasteiger partial charge in [0.25, 0.3) is 0 Å². The van der Waals surface area contributed by atoms with Crippen molar-refractivity contribution in [2.24, 2.45) is 0 Å². The summed E-state index contributed by atoms with van der Waals surface area (Å²) in [5.74, 6) is -0.174. The number of nitrogens with zero attached hydrogens (tertiary/aromatic N) is 1. The molecule has 1 aliphatic carbocycles. The van der Waals surface area contributed by atoms with Gasteiger partial charge < -0.3 is 26.2 Å². The zero-order valence-electron chi connectivity index (χ0n) is 18.9. The average Bonchev–Trinajstić information content (AvgIpc) is 2.68. The molecule has 1 unspecified atom stereocenters. The van der Waals surface area contributed by atoms with Crippen molar-refractivity contribution < 1.29 is 31.0 Å². The number of hydrogen-bond donors (Lipinski definition) is 0. The molecule has 0 spiro atoms. The van der Waals surface area contributed by atoms with E-state index in [9.17, 15) is 4.79 Å². The van der Waals surface area contributed by atoms with Gasteiger partial charge in [0, 0.05) is 0 Å². The lowest BCUT2D eigenvalue weighted by atomic mass is 9.87. The lowest BCUT2D eigenvalue weighted by Crippen LogP contribution is -3.00. The van der Waals surface area contributed by atoms with Crippen molar-refractivity contribution in [3.8, 4) is 0 Å². The monoisotopic (exact) mass is 465 g/mol. The van der Waals surface area contributed by atoms with Crippen LogP contribution in [0.4, 0.5) is 0 Å². The van der Waals surface area contributed by atoms with Gasteiger partial charge in [0.15, 0.2) is 0 Å². The van der Waals surface area contributed by atoms with Crippen LogP contribution in [0, 0.1) is 0 Å². The SMILES string of the molecule is CC(C[N+]1(C2CCCCC2)CCCCC1)OC(=O)c1ccc(C(C)(C)C)cc1.[Br-]. The second kappa shape index (κ2) is 10.4. The van der Waals surface area contributed by atoms with E-state index in [0.717, 1.165) is 12.6 Å². The quantitative estimate of drug-likeness (QED) is 0.493. The highest BCUT2D eigenvalue weighted by atomic mass is 79.9. The third-order valence-electron chi connectivity index (χ3n) is 6.97. The van der Waals surface area contributed by atoms with Crippen molar-refractivity contribution in [2.75, 3.05) is 19.6 Å². The highest BCUT2D eigenvalue weighted by Crippen LogP contribution is 2.33. The Hall–Kier alpha value is -0.870. The molecule has 1 aromatic rings. The van der Waals surface area contributed by atoms with Gasteiger partial charge in [0.2, 0.25) is 0 Å². The summed E-state index contributed by atoms with van der Waals surface area (Å²) in [4.78, 5) is 12.7. The number of benzene rings is 1. The largest absolute Gasteiger partial charge is 1.00 e. The van der Waals surface area contributed by atoms with E-state index in [2.05, 4.69) is 39.8 Å². The van der Waals surface area contributed by atoms with E-state index in [0.29, 0.717) is 5.56 Å². The number of ether oxygens (including phenoxy) is 1. The van der Waals surface area contributed by atoms with Crippen LogP contribution >= 0.6 is 0 Å². The molecule has 1 aliphatic heterocycles. The number of likely N-dealkylation sites (tertiary alicyclic amines) is 1. The second-order valence-corrected chi connectivity index (χ2v) is 10.2. The van der Waals surface area contributed by atoms with Gasteiger partial charge >= 0.3 is 5.97 Å². The molecule has 0 amide bonds. The Morgan fingerprint density at radius 1 is 1.00 bits per heavy atom. The molecule has 3 nitrogen and oxygen atoms in total. The molecule has 29 heavy (non-hydrogen) atoms. The van der Waals surface area contributed by atoms with Crippen LogP contribution in [0.25, 0.3) is 0 Å². The minimum absolute atomic E-state index is 0. The molecule has 1 aromatic carbocycles. The van der Waals surface area contributed by atoms with Crippen LogP contribution in [0.5, 0.6) is 0 Å². The van der Waals surface area contributed by atoms with Gasteiger partial charge in [-0.1, -0.05) is 39.3 Å². The molecule has 0 radical (unpaired) electrons. The maximum Gasteiger partial charge on any atom is 0.338 e. The number of hydrogen-bond acceptors (Lipinski definition) is 2. The fraction of sp³-hybridized carbons (Fsp3) is 0.720. The van der Waals surface area contributed by atoms with Gasteiger partial charge in [-0.05, 0) is 75.0 Å². The fourth-order valence-electron chi connectivity index (χ4n) is 5.37. The lowest BCUT2D eigenvalue weighted by Gasteiger charge is -2.49. The number of piperidine rings is 1. The zero-order chi connectivity index (χ0) is 20.2. The predicted molar refractivity (Wildman–Crippen MR) is 116 cm³/mol. The van der Waals surface area contributed by atoms with E-state index in [-0.39, 0.29) is 34.5 Å².